The first-order valence-corrected chi connectivity index (χ1v) is 8.14. The van der Waals surface area contributed by atoms with Gasteiger partial charge in [0.15, 0.2) is 0 Å². The van der Waals surface area contributed by atoms with Crippen LogP contribution in [-0.4, -0.2) is 66.7 Å². The molecule has 2 aliphatic rings. The lowest BCUT2D eigenvalue weighted by atomic mass is 9.79. The summed E-state index contributed by atoms with van der Waals surface area (Å²) in [4.78, 5) is 28.8. The van der Waals surface area contributed by atoms with Crippen molar-refractivity contribution >= 4 is 11.8 Å². The van der Waals surface area contributed by atoms with E-state index in [0.29, 0.717) is 26.2 Å². The highest BCUT2D eigenvalue weighted by molar-refractivity contribution is 5.91. The van der Waals surface area contributed by atoms with Gasteiger partial charge in [-0.25, -0.2) is 0 Å². The van der Waals surface area contributed by atoms with Gasteiger partial charge < -0.3 is 19.1 Å². The normalized spacial score (nSPS) is 25.2. The van der Waals surface area contributed by atoms with E-state index < -0.39 is 0 Å². The summed E-state index contributed by atoms with van der Waals surface area (Å²) < 4.78 is 10.0. The molecule has 2 saturated heterocycles. The highest BCUT2D eigenvalue weighted by Crippen LogP contribution is 2.41. The van der Waals surface area contributed by atoms with E-state index >= 15 is 0 Å². The van der Waals surface area contributed by atoms with Crippen LogP contribution in [0.15, 0.2) is 16.8 Å². The molecule has 3 heterocycles. The summed E-state index contributed by atoms with van der Waals surface area (Å²) in [5.74, 6) is 0.352. The van der Waals surface area contributed by atoms with Crippen LogP contribution in [0.2, 0.25) is 0 Å². The zero-order valence-electron chi connectivity index (χ0n) is 13.5. The first-order valence-electron chi connectivity index (χ1n) is 8.14. The van der Waals surface area contributed by atoms with Crippen LogP contribution in [-0.2, 0) is 9.53 Å². The number of aromatic nitrogens is 1. The summed E-state index contributed by atoms with van der Waals surface area (Å²) in [6.07, 6.45) is 4.75. The average molecular weight is 321 g/mol. The molecule has 7 nitrogen and oxygen atoms in total. The molecule has 0 bridgehead atoms. The lowest BCUT2D eigenvalue weighted by Crippen LogP contribution is -2.37. The summed E-state index contributed by atoms with van der Waals surface area (Å²) >= 11 is 0. The van der Waals surface area contributed by atoms with E-state index in [4.69, 9.17) is 9.26 Å². The Kier molecular flexibility index (Phi) is 4.66. The predicted molar refractivity (Wildman–Crippen MR) is 81.8 cm³/mol. The molecule has 0 aliphatic carbocycles. The van der Waals surface area contributed by atoms with Gasteiger partial charge in [0.05, 0.1) is 18.2 Å². The van der Waals surface area contributed by atoms with Crippen molar-refractivity contribution in [1.29, 1.82) is 0 Å². The number of carbonyl (C=O) groups is 2. The van der Waals surface area contributed by atoms with Crippen LogP contribution in [0.4, 0.5) is 0 Å². The Bertz CT molecular complexity index is 560. The van der Waals surface area contributed by atoms with E-state index in [1.165, 1.54) is 6.20 Å². The minimum Gasteiger partial charge on any atom is -0.383 e. The molecule has 1 aromatic rings. The molecule has 0 radical (unpaired) electrons. The van der Waals surface area contributed by atoms with E-state index in [-0.39, 0.29) is 23.0 Å². The molecule has 126 valence electrons. The van der Waals surface area contributed by atoms with Gasteiger partial charge in [-0.05, 0) is 25.7 Å². The van der Waals surface area contributed by atoms with Crippen molar-refractivity contribution in [3.8, 4) is 0 Å². The molecule has 2 aliphatic heterocycles. The molecule has 0 unspecified atom stereocenters. The van der Waals surface area contributed by atoms with Gasteiger partial charge in [-0.2, -0.15) is 0 Å². The van der Waals surface area contributed by atoms with E-state index in [0.717, 1.165) is 32.2 Å². The maximum atomic E-state index is 12.8. The third-order valence-electron chi connectivity index (χ3n) is 5.05. The molecule has 7 heteroatoms. The maximum Gasteiger partial charge on any atom is 0.292 e. The molecule has 0 saturated carbocycles. The largest absolute Gasteiger partial charge is 0.383 e. The molecule has 1 aromatic heterocycles. The van der Waals surface area contributed by atoms with Crippen molar-refractivity contribution in [3.05, 3.63) is 18.0 Å². The van der Waals surface area contributed by atoms with Gasteiger partial charge in [-0.1, -0.05) is 5.16 Å². The second-order valence-corrected chi connectivity index (χ2v) is 6.34. The molecule has 1 atom stereocenters. The third kappa shape index (κ3) is 3.10. The Hall–Kier alpha value is -1.89. The lowest BCUT2D eigenvalue weighted by molar-refractivity contribution is -0.137. The van der Waals surface area contributed by atoms with Crippen LogP contribution >= 0.6 is 0 Å². The third-order valence-corrected chi connectivity index (χ3v) is 5.05. The number of rotatable bonds is 4. The fourth-order valence-electron chi connectivity index (χ4n) is 3.65. The molecule has 3 rings (SSSR count). The van der Waals surface area contributed by atoms with E-state index in [9.17, 15) is 9.59 Å². The van der Waals surface area contributed by atoms with Gasteiger partial charge in [-0.3, -0.25) is 9.59 Å². The van der Waals surface area contributed by atoms with E-state index in [1.807, 2.05) is 4.90 Å². The first-order chi connectivity index (χ1) is 11.2. The second kappa shape index (κ2) is 6.70. The Morgan fingerprint density at radius 2 is 2.17 bits per heavy atom. The topological polar surface area (TPSA) is 75.9 Å². The van der Waals surface area contributed by atoms with Crippen molar-refractivity contribution in [2.24, 2.45) is 5.41 Å². The minimum atomic E-state index is -0.301. The zero-order valence-corrected chi connectivity index (χ0v) is 13.5. The van der Waals surface area contributed by atoms with Crippen LogP contribution in [0, 0.1) is 5.41 Å². The fourth-order valence-corrected chi connectivity index (χ4v) is 3.65. The summed E-state index contributed by atoms with van der Waals surface area (Å²) in [5.41, 5.74) is -0.301. The highest BCUT2D eigenvalue weighted by Gasteiger charge is 2.47. The van der Waals surface area contributed by atoms with Crippen molar-refractivity contribution < 1.29 is 18.8 Å². The van der Waals surface area contributed by atoms with Gasteiger partial charge in [0, 0.05) is 39.4 Å². The van der Waals surface area contributed by atoms with Crippen LogP contribution in [0.5, 0.6) is 0 Å². The number of nitrogens with zero attached hydrogens (tertiary/aromatic N) is 3. The number of carbonyl (C=O) groups excluding carboxylic acids is 2. The molecule has 2 amide bonds. The van der Waals surface area contributed by atoms with Gasteiger partial charge in [0.1, 0.15) is 0 Å². The van der Waals surface area contributed by atoms with Gasteiger partial charge in [0.2, 0.25) is 11.7 Å². The molecule has 23 heavy (non-hydrogen) atoms. The Morgan fingerprint density at radius 3 is 2.91 bits per heavy atom. The maximum absolute atomic E-state index is 12.8. The SMILES string of the molecule is COCCN1CC[C@]2(CCCN(C(=O)c3ccno3)CC2)C1=O. The summed E-state index contributed by atoms with van der Waals surface area (Å²) in [5, 5.41) is 3.59. The summed E-state index contributed by atoms with van der Waals surface area (Å²) in [6, 6.07) is 1.58. The highest BCUT2D eigenvalue weighted by atomic mass is 16.5. The van der Waals surface area contributed by atoms with Gasteiger partial charge in [-0.15, -0.1) is 0 Å². The van der Waals surface area contributed by atoms with E-state index in [1.54, 1.807) is 18.1 Å². The summed E-state index contributed by atoms with van der Waals surface area (Å²) in [6.45, 7) is 3.25. The fraction of sp³-hybridized carbons (Fsp3) is 0.688. The number of hydrogen-bond acceptors (Lipinski definition) is 5. The zero-order chi connectivity index (χ0) is 16.3. The van der Waals surface area contributed by atoms with Gasteiger partial charge in [0.25, 0.3) is 5.91 Å². The number of hydrogen-bond donors (Lipinski definition) is 0. The average Bonchev–Trinajstić information content (AvgIpc) is 3.12. The number of ether oxygens (including phenoxy) is 1. The van der Waals surface area contributed by atoms with Gasteiger partial charge >= 0.3 is 0 Å². The lowest BCUT2D eigenvalue weighted by Gasteiger charge is -2.26. The molecular weight excluding hydrogens is 298 g/mol. The molecule has 2 fully saturated rings. The molecular formula is C16H23N3O4. The van der Waals surface area contributed by atoms with Crippen molar-refractivity contribution in [3.63, 3.8) is 0 Å². The van der Waals surface area contributed by atoms with Crippen LogP contribution in [0.25, 0.3) is 0 Å². The van der Waals surface area contributed by atoms with E-state index in [2.05, 4.69) is 5.16 Å². The van der Waals surface area contributed by atoms with Crippen molar-refractivity contribution in [2.75, 3.05) is 39.9 Å². The predicted octanol–water partition coefficient (Wildman–Crippen LogP) is 1.17. The number of likely N-dealkylation sites (tertiary alicyclic amines) is 2. The Labute approximate surface area is 135 Å². The first kappa shape index (κ1) is 16.0. The monoisotopic (exact) mass is 321 g/mol. The molecule has 1 spiro atoms. The Morgan fingerprint density at radius 1 is 1.35 bits per heavy atom. The van der Waals surface area contributed by atoms with Crippen molar-refractivity contribution in [1.82, 2.24) is 15.0 Å². The minimum absolute atomic E-state index is 0.138. The standard InChI is InChI=1S/C16H23N3O4/c1-22-12-11-19-10-6-16(15(19)21)4-2-8-18(9-5-16)14(20)13-3-7-17-23-13/h3,7H,2,4-6,8-12H2,1H3/t16-/m1/s1. The molecule has 0 N–H and O–H groups in total. The quantitative estimate of drug-likeness (QED) is 0.832. The smallest absolute Gasteiger partial charge is 0.292 e. The number of methoxy groups -OCH3 is 1. The van der Waals surface area contributed by atoms with Crippen LogP contribution < -0.4 is 0 Å². The molecule has 0 aromatic carbocycles. The van der Waals surface area contributed by atoms with Crippen LogP contribution in [0.3, 0.4) is 0 Å². The summed E-state index contributed by atoms with van der Waals surface area (Å²) in [7, 11) is 1.65. The number of amides is 2. The Balaban J connectivity index is 1.64. The van der Waals surface area contributed by atoms with Crippen molar-refractivity contribution in [2.45, 2.75) is 25.7 Å². The van der Waals surface area contributed by atoms with Crippen LogP contribution in [0.1, 0.15) is 36.2 Å². The second-order valence-electron chi connectivity index (χ2n) is 6.34.